The van der Waals surface area contributed by atoms with Gasteiger partial charge < -0.3 is 20.0 Å². The van der Waals surface area contributed by atoms with Gasteiger partial charge in [-0.1, -0.05) is 44.9 Å². The molecule has 1 heterocycles. The van der Waals surface area contributed by atoms with Crippen LogP contribution in [-0.4, -0.2) is 47.1 Å². The van der Waals surface area contributed by atoms with Gasteiger partial charge in [-0.3, -0.25) is 14.5 Å². The van der Waals surface area contributed by atoms with Gasteiger partial charge in [0.15, 0.2) is 0 Å². The first-order chi connectivity index (χ1) is 18.8. The topological polar surface area (TPSA) is 123 Å². The van der Waals surface area contributed by atoms with E-state index in [4.69, 9.17) is 14.9 Å². The fourth-order valence-electron chi connectivity index (χ4n) is 4.78. The summed E-state index contributed by atoms with van der Waals surface area (Å²) in [6.07, 6.45) is 2.19. The third kappa shape index (κ3) is 6.82. The SMILES string of the molecule is CCCc1cc2c(C(F)(F)F)cc(=O)oc2c(CCC)c1OCCCN(C=O)C(=O)C(C)(N)C1=CCC(O)C=C1. The Morgan fingerprint density at radius 3 is 2.52 bits per heavy atom. The van der Waals surface area contributed by atoms with Crippen molar-refractivity contribution in [2.24, 2.45) is 5.73 Å². The minimum atomic E-state index is -4.74. The van der Waals surface area contributed by atoms with Gasteiger partial charge in [0.1, 0.15) is 16.9 Å². The van der Waals surface area contributed by atoms with Crippen LogP contribution >= 0.6 is 0 Å². The fourth-order valence-corrected chi connectivity index (χ4v) is 4.78. The van der Waals surface area contributed by atoms with Gasteiger partial charge in [-0.15, -0.1) is 0 Å². The molecule has 0 fully saturated rings. The Morgan fingerprint density at radius 2 is 1.95 bits per heavy atom. The number of nitrogens with two attached hydrogens (primary N) is 1. The number of aryl methyl sites for hydroxylation is 2. The van der Waals surface area contributed by atoms with Gasteiger partial charge in [0, 0.05) is 23.6 Å². The number of alkyl halides is 3. The number of halogens is 3. The van der Waals surface area contributed by atoms with Crippen LogP contribution in [0.25, 0.3) is 11.0 Å². The zero-order valence-corrected chi connectivity index (χ0v) is 22.8. The van der Waals surface area contributed by atoms with Crippen molar-refractivity contribution in [3.05, 3.63) is 63.0 Å². The zero-order valence-electron chi connectivity index (χ0n) is 22.8. The summed E-state index contributed by atoms with van der Waals surface area (Å²) in [5, 5.41) is 9.45. The maximum Gasteiger partial charge on any atom is 0.417 e. The van der Waals surface area contributed by atoms with Crippen molar-refractivity contribution >= 4 is 23.3 Å². The standard InChI is InChI=1S/C29H35F3N2O6/c1-4-7-18-15-22-23(29(30,31)32)16-24(37)40-26(22)21(8-5-2)25(18)39-14-6-13-34(17-35)27(38)28(3,33)19-9-11-20(36)12-10-19/h9-11,15-17,20,36H,4-8,12-14,33H2,1-3H3. The lowest BCUT2D eigenvalue weighted by Gasteiger charge is -2.30. The summed E-state index contributed by atoms with van der Waals surface area (Å²) < 4.78 is 52.7. The van der Waals surface area contributed by atoms with Crippen LogP contribution in [0, 0.1) is 0 Å². The predicted molar refractivity (Wildman–Crippen MR) is 144 cm³/mol. The fraction of sp³-hybridized carbons (Fsp3) is 0.483. The van der Waals surface area contributed by atoms with Crippen LogP contribution in [0.4, 0.5) is 13.2 Å². The highest BCUT2D eigenvalue weighted by Crippen LogP contribution is 2.40. The molecule has 2 unspecified atom stereocenters. The molecule has 3 rings (SSSR count). The van der Waals surface area contributed by atoms with Gasteiger partial charge in [0.25, 0.3) is 5.91 Å². The summed E-state index contributed by atoms with van der Waals surface area (Å²) in [6.45, 7) is 5.25. The van der Waals surface area contributed by atoms with Gasteiger partial charge in [0.2, 0.25) is 6.41 Å². The molecule has 0 spiro atoms. The number of aliphatic hydroxyl groups is 1. The smallest absolute Gasteiger partial charge is 0.417 e. The first-order valence-corrected chi connectivity index (χ1v) is 13.3. The van der Waals surface area contributed by atoms with Gasteiger partial charge in [0.05, 0.1) is 18.3 Å². The van der Waals surface area contributed by atoms with Crippen LogP contribution in [0.2, 0.25) is 0 Å². The number of hydrogen-bond donors (Lipinski definition) is 2. The molecule has 3 N–H and O–H groups in total. The molecule has 1 aromatic heterocycles. The number of fused-ring (bicyclic) bond motifs is 1. The van der Waals surface area contributed by atoms with Gasteiger partial charge in [-0.05, 0) is 49.8 Å². The molecular weight excluding hydrogens is 529 g/mol. The summed E-state index contributed by atoms with van der Waals surface area (Å²) in [6, 6.07) is 1.83. The molecule has 2 amide bonds. The van der Waals surface area contributed by atoms with Crippen LogP contribution in [0.5, 0.6) is 5.75 Å². The number of aliphatic hydroxyl groups excluding tert-OH is 1. The van der Waals surface area contributed by atoms with E-state index in [1.54, 1.807) is 12.2 Å². The molecule has 0 aliphatic heterocycles. The number of benzene rings is 1. The molecule has 2 aromatic rings. The third-order valence-corrected chi connectivity index (χ3v) is 6.78. The molecule has 0 saturated carbocycles. The zero-order chi connectivity index (χ0) is 29.7. The molecule has 0 radical (unpaired) electrons. The molecule has 218 valence electrons. The molecule has 0 bridgehead atoms. The second-order valence-corrected chi connectivity index (χ2v) is 10.0. The Kier molecular flexibility index (Phi) is 9.96. The highest BCUT2D eigenvalue weighted by molar-refractivity contribution is 5.96. The van der Waals surface area contributed by atoms with Crippen molar-refractivity contribution in [3.8, 4) is 5.75 Å². The number of ether oxygens (including phenoxy) is 1. The summed E-state index contributed by atoms with van der Waals surface area (Å²) in [5.41, 5.74) is 3.87. The van der Waals surface area contributed by atoms with E-state index in [0.717, 1.165) is 4.90 Å². The minimum Gasteiger partial charge on any atom is -0.493 e. The number of amides is 2. The second kappa shape index (κ2) is 12.8. The monoisotopic (exact) mass is 564 g/mol. The van der Waals surface area contributed by atoms with Gasteiger partial charge in [-0.25, -0.2) is 4.79 Å². The van der Waals surface area contributed by atoms with E-state index in [9.17, 15) is 32.7 Å². The maximum absolute atomic E-state index is 13.8. The lowest BCUT2D eigenvalue weighted by atomic mass is 9.87. The average Bonchev–Trinajstić information content (AvgIpc) is 2.89. The highest BCUT2D eigenvalue weighted by Gasteiger charge is 2.37. The largest absolute Gasteiger partial charge is 0.493 e. The molecule has 11 heteroatoms. The van der Waals surface area contributed by atoms with Crippen molar-refractivity contribution in [1.82, 2.24) is 4.90 Å². The van der Waals surface area contributed by atoms with Crippen LogP contribution in [0.15, 0.2) is 45.1 Å². The number of carbonyl (C=O) groups is 2. The van der Waals surface area contributed by atoms with Gasteiger partial charge >= 0.3 is 11.8 Å². The van der Waals surface area contributed by atoms with Crippen LogP contribution < -0.4 is 16.1 Å². The van der Waals surface area contributed by atoms with E-state index >= 15 is 0 Å². The normalized spacial score (nSPS) is 16.9. The summed E-state index contributed by atoms with van der Waals surface area (Å²) >= 11 is 0. The Labute approximate surface area is 230 Å². The first-order valence-electron chi connectivity index (χ1n) is 13.3. The lowest BCUT2D eigenvalue weighted by molar-refractivity contribution is -0.141. The lowest BCUT2D eigenvalue weighted by Crippen LogP contribution is -2.54. The van der Waals surface area contributed by atoms with E-state index < -0.39 is 34.9 Å². The third-order valence-electron chi connectivity index (χ3n) is 6.78. The maximum atomic E-state index is 13.8. The number of nitrogens with zero attached hydrogens (tertiary/aromatic N) is 1. The average molecular weight is 565 g/mol. The quantitative estimate of drug-likeness (QED) is 0.222. The minimum absolute atomic E-state index is 0.0121. The predicted octanol–water partition coefficient (Wildman–Crippen LogP) is 4.44. The molecule has 2 atom stereocenters. The Balaban J connectivity index is 1.86. The van der Waals surface area contributed by atoms with Crippen molar-refractivity contribution < 1.29 is 37.0 Å². The Morgan fingerprint density at radius 1 is 1.25 bits per heavy atom. The summed E-state index contributed by atoms with van der Waals surface area (Å²) in [5.74, 6) is -0.275. The Hall–Kier alpha value is -3.44. The van der Waals surface area contributed by atoms with E-state index in [0.29, 0.717) is 67.0 Å². The number of carbonyl (C=O) groups excluding carboxylic acids is 2. The second-order valence-electron chi connectivity index (χ2n) is 10.0. The van der Waals surface area contributed by atoms with Crippen LogP contribution in [0.3, 0.4) is 0 Å². The molecule has 40 heavy (non-hydrogen) atoms. The van der Waals surface area contributed by atoms with Crippen molar-refractivity contribution in [2.75, 3.05) is 13.2 Å². The van der Waals surface area contributed by atoms with Gasteiger partial charge in [-0.2, -0.15) is 13.2 Å². The molecule has 1 aliphatic carbocycles. The summed E-state index contributed by atoms with van der Waals surface area (Å²) in [7, 11) is 0. The number of rotatable bonds is 12. The Bertz CT molecular complexity index is 1360. The summed E-state index contributed by atoms with van der Waals surface area (Å²) in [4.78, 5) is 37.8. The van der Waals surface area contributed by atoms with Crippen LogP contribution in [0.1, 0.15) is 63.1 Å². The van der Waals surface area contributed by atoms with E-state index in [1.807, 2.05) is 13.8 Å². The molecular formula is C29H35F3N2O6. The molecule has 1 aliphatic rings. The molecule has 0 saturated heterocycles. The number of hydrogen-bond acceptors (Lipinski definition) is 7. The van der Waals surface area contributed by atoms with Crippen molar-refractivity contribution in [3.63, 3.8) is 0 Å². The van der Waals surface area contributed by atoms with E-state index in [2.05, 4.69) is 0 Å². The van der Waals surface area contributed by atoms with E-state index in [-0.39, 0.29) is 30.5 Å². The highest BCUT2D eigenvalue weighted by atomic mass is 19.4. The molecule has 1 aromatic carbocycles. The van der Waals surface area contributed by atoms with E-state index in [1.165, 1.54) is 19.1 Å². The molecule has 8 nitrogen and oxygen atoms in total. The first kappa shape index (κ1) is 31.1. The van der Waals surface area contributed by atoms with Crippen molar-refractivity contribution in [2.45, 2.75) is 77.1 Å². The van der Waals surface area contributed by atoms with Crippen molar-refractivity contribution in [1.29, 1.82) is 0 Å². The van der Waals surface area contributed by atoms with Crippen LogP contribution in [-0.2, 0) is 28.6 Å². The number of imide groups is 1.